The van der Waals surface area contributed by atoms with Gasteiger partial charge in [0, 0.05) is 0 Å². The van der Waals surface area contributed by atoms with E-state index >= 15 is 0 Å². The summed E-state index contributed by atoms with van der Waals surface area (Å²) in [6.45, 7) is 11.7. The minimum atomic E-state index is -1.07. The first-order valence-electron chi connectivity index (χ1n) is 15.3. The number of ether oxygens (including phenoxy) is 6. The third-order valence-electron chi connectivity index (χ3n) is 7.19. The first kappa shape index (κ1) is 35.9. The normalized spacial score (nSPS) is 15.7. The van der Waals surface area contributed by atoms with Gasteiger partial charge in [0.25, 0.3) is 0 Å². The molecule has 242 valence electrons. The van der Waals surface area contributed by atoms with E-state index < -0.39 is 36.5 Å². The Morgan fingerprint density at radius 1 is 0.767 bits per heavy atom. The summed E-state index contributed by atoms with van der Waals surface area (Å²) in [5.41, 5.74) is 6.65. The van der Waals surface area contributed by atoms with E-state index in [4.69, 9.17) is 34.2 Å². The summed E-state index contributed by atoms with van der Waals surface area (Å²) in [6.07, 6.45) is 2.86. The zero-order valence-corrected chi connectivity index (χ0v) is 26.4. The second-order valence-corrected chi connectivity index (χ2v) is 12.0. The molecule has 0 heterocycles. The van der Waals surface area contributed by atoms with E-state index in [0.29, 0.717) is 30.2 Å². The highest BCUT2D eigenvalue weighted by Gasteiger charge is 2.28. The number of carbonyl (C=O) groups is 4. The smallest absolute Gasteiger partial charge is 0.459 e. The second-order valence-electron chi connectivity index (χ2n) is 12.0. The van der Waals surface area contributed by atoms with E-state index in [1.54, 1.807) is 19.9 Å². The van der Waals surface area contributed by atoms with Crippen LogP contribution in [0, 0.1) is 17.8 Å². The minimum absolute atomic E-state index is 0.0274. The van der Waals surface area contributed by atoms with Gasteiger partial charge < -0.3 is 34.2 Å². The highest BCUT2D eigenvalue weighted by Crippen LogP contribution is 2.30. The molecule has 2 rings (SSSR count). The van der Waals surface area contributed by atoms with E-state index in [1.165, 1.54) is 12.1 Å². The zero-order valence-electron chi connectivity index (χ0n) is 26.4. The van der Waals surface area contributed by atoms with Crippen molar-refractivity contribution in [3.8, 4) is 11.5 Å². The van der Waals surface area contributed by atoms with Gasteiger partial charge in [0.1, 0.15) is 18.2 Å². The fourth-order valence-electron chi connectivity index (χ4n) is 4.26. The van der Waals surface area contributed by atoms with Gasteiger partial charge >= 0.3 is 24.2 Å². The maximum atomic E-state index is 12.8. The molecule has 1 fully saturated rings. The van der Waals surface area contributed by atoms with Crippen LogP contribution in [0.1, 0.15) is 92.1 Å². The summed E-state index contributed by atoms with van der Waals surface area (Å²) in [6, 6.07) is 3.37. The van der Waals surface area contributed by atoms with Gasteiger partial charge in [0.05, 0.1) is 19.1 Å². The Kier molecular flexibility index (Phi) is 15.3. The van der Waals surface area contributed by atoms with Gasteiger partial charge in [-0.15, -0.1) is 0 Å². The van der Waals surface area contributed by atoms with Gasteiger partial charge in [-0.1, -0.05) is 53.0 Å². The molecule has 0 aromatic heterocycles. The quantitative estimate of drug-likeness (QED) is 0.139. The molecule has 3 atom stereocenters. The van der Waals surface area contributed by atoms with Gasteiger partial charge in [-0.2, -0.15) is 0 Å². The Labute approximate surface area is 255 Å². The fourth-order valence-corrected chi connectivity index (χ4v) is 4.26. The predicted molar refractivity (Wildman–Crippen MR) is 159 cm³/mol. The van der Waals surface area contributed by atoms with Crippen LogP contribution >= 0.6 is 0 Å². The predicted octanol–water partition coefficient (Wildman–Crippen LogP) is 6.12. The lowest BCUT2D eigenvalue weighted by molar-refractivity contribution is -0.169. The summed E-state index contributed by atoms with van der Waals surface area (Å²) in [4.78, 5) is 49.8. The number of esters is 2. The van der Waals surface area contributed by atoms with Gasteiger partial charge in [-0.25, -0.2) is 9.59 Å². The molecule has 11 nitrogen and oxygen atoms in total. The molecule has 0 spiro atoms. The summed E-state index contributed by atoms with van der Waals surface area (Å²) < 4.78 is 31.9. The van der Waals surface area contributed by atoms with Gasteiger partial charge in [0.15, 0.2) is 11.5 Å². The van der Waals surface area contributed by atoms with Crippen LogP contribution in [0.15, 0.2) is 18.2 Å². The standard InChI is InChI=1S/C32H49NO10/c1-20(2)14-16-38-31(36)42-27-13-12-24(19-28(27)43-32(37)39-17-15-21(3)4)18-26(33)30(35)41-23(6)22(5)40-29(34)25-10-8-7-9-11-25/h12-13,19-23,25-26H,7-11,14-18,33H2,1-6H3/t22-,23-,26-/m0/s1. The summed E-state index contributed by atoms with van der Waals surface area (Å²) in [5.74, 6) is -0.545. The van der Waals surface area contributed by atoms with Gasteiger partial charge in [-0.05, 0) is 75.5 Å². The maximum absolute atomic E-state index is 12.8. The van der Waals surface area contributed by atoms with Crippen LogP contribution in [0.25, 0.3) is 0 Å². The van der Waals surface area contributed by atoms with Crippen molar-refractivity contribution in [3.05, 3.63) is 23.8 Å². The number of rotatable bonds is 15. The summed E-state index contributed by atoms with van der Waals surface area (Å²) in [7, 11) is 0. The lowest BCUT2D eigenvalue weighted by Gasteiger charge is -2.26. The number of hydrogen-bond acceptors (Lipinski definition) is 11. The minimum Gasteiger partial charge on any atom is -0.459 e. The molecule has 2 N–H and O–H groups in total. The summed E-state index contributed by atoms with van der Waals surface area (Å²) in [5, 5.41) is 0. The average Bonchev–Trinajstić information content (AvgIpc) is 2.94. The zero-order chi connectivity index (χ0) is 31.9. The Hall–Kier alpha value is -3.34. The largest absolute Gasteiger partial charge is 0.513 e. The third-order valence-corrected chi connectivity index (χ3v) is 7.19. The van der Waals surface area contributed by atoms with Crippen LogP contribution in [-0.4, -0.2) is 55.7 Å². The molecule has 1 aromatic rings. The Morgan fingerprint density at radius 2 is 1.30 bits per heavy atom. The monoisotopic (exact) mass is 607 g/mol. The van der Waals surface area contributed by atoms with Crippen LogP contribution < -0.4 is 15.2 Å². The highest BCUT2D eigenvalue weighted by atomic mass is 16.7. The molecule has 0 saturated heterocycles. The molecule has 1 aromatic carbocycles. The molecular weight excluding hydrogens is 558 g/mol. The molecule has 1 aliphatic rings. The molecule has 0 radical (unpaired) electrons. The van der Waals surface area contributed by atoms with E-state index in [-0.39, 0.29) is 43.0 Å². The molecule has 0 unspecified atom stereocenters. The second kappa shape index (κ2) is 18.4. The van der Waals surface area contributed by atoms with Crippen molar-refractivity contribution in [1.82, 2.24) is 0 Å². The van der Waals surface area contributed by atoms with Crippen LogP contribution in [0.4, 0.5) is 9.59 Å². The molecular formula is C32H49NO10. The number of hydrogen-bond donors (Lipinski definition) is 1. The lowest BCUT2D eigenvalue weighted by atomic mass is 9.89. The third kappa shape index (κ3) is 13.7. The topological polar surface area (TPSA) is 150 Å². The molecule has 0 amide bonds. The van der Waals surface area contributed by atoms with Crippen molar-refractivity contribution >= 4 is 24.2 Å². The highest BCUT2D eigenvalue weighted by molar-refractivity contribution is 5.76. The van der Waals surface area contributed by atoms with Crippen LogP contribution in [0.5, 0.6) is 11.5 Å². The maximum Gasteiger partial charge on any atom is 0.513 e. The van der Waals surface area contributed by atoms with E-state index in [0.717, 1.165) is 32.1 Å². The van der Waals surface area contributed by atoms with Crippen molar-refractivity contribution in [2.45, 2.75) is 111 Å². The van der Waals surface area contributed by atoms with E-state index in [9.17, 15) is 19.2 Å². The molecule has 0 bridgehead atoms. The molecule has 43 heavy (non-hydrogen) atoms. The van der Waals surface area contributed by atoms with E-state index in [1.807, 2.05) is 27.7 Å². The number of benzene rings is 1. The van der Waals surface area contributed by atoms with Crippen molar-refractivity contribution in [1.29, 1.82) is 0 Å². The Bertz CT molecular complexity index is 1050. The van der Waals surface area contributed by atoms with Crippen molar-refractivity contribution in [2.24, 2.45) is 23.5 Å². The van der Waals surface area contributed by atoms with Crippen molar-refractivity contribution < 1.29 is 47.6 Å². The SMILES string of the molecule is CC(C)CCOC(=O)Oc1ccc(C[C@H](N)C(=O)O[C@@H](C)[C@H](C)OC(=O)C2CCCCC2)cc1OC(=O)OCCC(C)C. The molecule has 1 saturated carbocycles. The van der Waals surface area contributed by atoms with E-state index in [2.05, 4.69) is 0 Å². The Balaban J connectivity index is 2.02. The van der Waals surface area contributed by atoms with Crippen LogP contribution in [0.2, 0.25) is 0 Å². The molecule has 11 heteroatoms. The first-order valence-corrected chi connectivity index (χ1v) is 15.3. The van der Waals surface area contributed by atoms with Crippen molar-refractivity contribution in [2.75, 3.05) is 13.2 Å². The summed E-state index contributed by atoms with van der Waals surface area (Å²) >= 11 is 0. The Morgan fingerprint density at radius 3 is 1.86 bits per heavy atom. The molecule has 1 aliphatic carbocycles. The van der Waals surface area contributed by atoms with Crippen LogP contribution in [0.3, 0.4) is 0 Å². The van der Waals surface area contributed by atoms with Gasteiger partial charge in [0.2, 0.25) is 0 Å². The lowest BCUT2D eigenvalue weighted by Crippen LogP contribution is -2.40. The van der Waals surface area contributed by atoms with Crippen molar-refractivity contribution in [3.63, 3.8) is 0 Å². The fraction of sp³-hybridized carbons (Fsp3) is 0.688. The number of nitrogens with two attached hydrogens (primary N) is 1. The number of carbonyl (C=O) groups excluding carboxylic acids is 4. The van der Waals surface area contributed by atoms with Crippen LogP contribution in [-0.2, 0) is 35.0 Å². The van der Waals surface area contributed by atoms with Gasteiger partial charge in [-0.3, -0.25) is 9.59 Å². The average molecular weight is 608 g/mol. The first-order chi connectivity index (χ1) is 20.3. The molecule has 0 aliphatic heterocycles.